The van der Waals surface area contributed by atoms with E-state index in [1.807, 2.05) is 0 Å². The van der Waals surface area contributed by atoms with Crippen LogP contribution in [0.15, 0.2) is 18.3 Å². The fourth-order valence-electron chi connectivity index (χ4n) is 3.00. The number of piperidine rings is 1. The third-order valence-corrected chi connectivity index (χ3v) is 4.15. The van der Waals surface area contributed by atoms with E-state index < -0.39 is 0 Å². The topological polar surface area (TPSA) is 28.2 Å². The Morgan fingerprint density at radius 3 is 2.84 bits per heavy atom. The van der Waals surface area contributed by atoms with Gasteiger partial charge in [-0.05, 0) is 51.3 Å². The lowest BCUT2D eigenvalue weighted by molar-refractivity contribution is 0.449. The van der Waals surface area contributed by atoms with Gasteiger partial charge in [0.05, 0.1) is 17.6 Å². The van der Waals surface area contributed by atoms with E-state index in [4.69, 9.17) is 0 Å². The molecule has 106 valence electrons. The van der Waals surface area contributed by atoms with Crippen molar-refractivity contribution >= 4 is 5.69 Å². The Morgan fingerprint density at radius 2 is 2.21 bits per heavy atom. The van der Waals surface area contributed by atoms with Gasteiger partial charge in [0.2, 0.25) is 0 Å². The SMILES string of the molecule is CCNC(C)c1ccc(N2CCCCC2CC)cn1. The molecular formula is C16H27N3. The quantitative estimate of drug-likeness (QED) is 0.879. The van der Waals surface area contributed by atoms with E-state index in [0.29, 0.717) is 12.1 Å². The molecule has 0 spiro atoms. The highest BCUT2D eigenvalue weighted by Gasteiger charge is 2.21. The van der Waals surface area contributed by atoms with Crippen LogP contribution < -0.4 is 10.2 Å². The number of rotatable bonds is 5. The molecule has 2 heterocycles. The average molecular weight is 261 g/mol. The van der Waals surface area contributed by atoms with E-state index in [0.717, 1.165) is 12.2 Å². The predicted molar refractivity (Wildman–Crippen MR) is 81.6 cm³/mol. The zero-order valence-electron chi connectivity index (χ0n) is 12.5. The summed E-state index contributed by atoms with van der Waals surface area (Å²) in [5.74, 6) is 0. The second kappa shape index (κ2) is 6.90. The van der Waals surface area contributed by atoms with Crippen LogP contribution in [0, 0.1) is 0 Å². The van der Waals surface area contributed by atoms with Gasteiger partial charge in [-0.1, -0.05) is 13.8 Å². The fourth-order valence-corrected chi connectivity index (χ4v) is 3.00. The minimum atomic E-state index is 0.336. The molecule has 1 aliphatic rings. The number of anilines is 1. The van der Waals surface area contributed by atoms with Crippen molar-refractivity contribution in [3.05, 3.63) is 24.0 Å². The van der Waals surface area contributed by atoms with Crippen LogP contribution >= 0.6 is 0 Å². The summed E-state index contributed by atoms with van der Waals surface area (Å²) >= 11 is 0. The molecule has 1 aromatic heterocycles. The van der Waals surface area contributed by atoms with E-state index in [2.05, 4.69) is 54.3 Å². The van der Waals surface area contributed by atoms with E-state index >= 15 is 0 Å². The van der Waals surface area contributed by atoms with Crippen molar-refractivity contribution in [1.29, 1.82) is 0 Å². The number of hydrogen-bond donors (Lipinski definition) is 1. The van der Waals surface area contributed by atoms with Crippen LogP contribution in [-0.2, 0) is 0 Å². The van der Waals surface area contributed by atoms with Gasteiger partial charge in [-0.2, -0.15) is 0 Å². The van der Waals surface area contributed by atoms with E-state index in [1.165, 1.54) is 37.9 Å². The van der Waals surface area contributed by atoms with Crippen molar-refractivity contribution in [2.45, 2.75) is 58.5 Å². The van der Waals surface area contributed by atoms with E-state index in [1.54, 1.807) is 0 Å². The standard InChI is InChI=1S/C16H27N3/c1-4-14-8-6-7-11-19(14)15-9-10-16(18-12-15)13(3)17-5-2/h9-10,12-14,17H,4-8,11H2,1-3H3. The van der Waals surface area contributed by atoms with Crippen molar-refractivity contribution < 1.29 is 0 Å². The summed E-state index contributed by atoms with van der Waals surface area (Å²) in [6.07, 6.45) is 7.29. The Bertz CT molecular complexity index is 374. The van der Waals surface area contributed by atoms with Crippen LogP contribution in [0.3, 0.4) is 0 Å². The Morgan fingerprint density at radius 1 is 1.37 bits per heavy atom. The van der Waals surface area contributed by atoms with Crippen LogP contribution in [0.1, 0.15) is 58.2 Å². The zero-order chi connectivity index (χ0) is 13.7. The Labute approximate surface area is 117 Å². The van der Waals surface area contributed by atoms with Gasteiger partial charge in [-0.3, -0.25) is 4.98 Å². The summed E-state index contributed by atoms with van der Waals surface area (Å²) in [6, 6.07) is 5.45. The van der Waals surface area contributed by atoms with Gasteiger partial charge in [0.25, 0.3) is 0 Å². The van der Waals surface area contributed by atoms with Gasteiger partial charge in [-0.15, -0.1) is 0 Å². The first-order chi connectivity index (χ1) is 9.26. The first-order valence-electron chi connectivity index (χ1n) is 7.72. The van der Waals surface area contributed by atoms with Gasteiger partial charge in [0.1, 0.15) is 0 Å². The first kappa shape index (κ1) is 14.3. The second-order valence-electron chi connectivity index (χ2n) is 5.47. The maximum atomic E-state index is 4.64. The van der Waals surface area contributed by atoms with Gasteiger partial charge in [-0.25, -0.2) is 0 Å². The van der Waals surface area contributed by atoms with Gasteiger partial charge >= 0.3 is 0 Å². The first-order valence-corrected chi connectivity index (χ1v) is 7.72. The van der Waals surface area contributed by atoms with Crippen molar-refractivity contribution in [3.63, 3.8) is 0 Å². The van der Waals surface area contributed by atoms with Crippen LogP contribution in [-0.4, -0.2) is 24.1 Å². The van der Waals surface area contributed by atoms with Crippen LogP contribution in [0.4, 0.5) is 5.69 Å². The maximum absolute atomic E-state index is 4.64. The smallest absolute Gasteiger partial charge is 0.0572 e. The van der Waals surface area contributed by atoms with Crippen molar-refractivity contribution in [2.24, 2.45) is 0 Å². The van der Waals surface area contributed by atoms with Gasteiger partial charge in [0.15, 0.2) is 0 Å². The Kier molecular flexibility index (Phi) is 5.20. The molecule has 1 aliphatic heterocycles. The number of nitrogens with zero attached hydrogens (tertiary/aromatic N) is 2. The normalized spacial score (nSPS) is 21.4. The molecule has 1 fully saturated rings. The lowest BCUT2D eigenvalue weighted by atomic mass is 9.99. The molecule has 0 aliphatic carbocycles. The lowest BCUT2D eigenvalue weighted by Gasteiger charge is -2.37. The van der Waals surface area contributed by atoms with Crippen molar-refractivity contribution in [3.8, 4) is 0 Å². The molecule has 19 heavy (non-hydrogen) atoms. The van der Waals surface area contributed by atoms with Crippen LogP contribution in [0.2, 0.25) is 0 Å². The van der Waals surface area contributed by atoms with Gasteiger partial charge in [0, 0.05) is 18.6 Å². The molecule has 1 aromatic rings. The fraction of sp³-hybridized carbons (Fsp3) is 0.688. The molecule has 2 rings (SSSR count). The molecule has 2 unspecified atom stereocenters. The molecule has 0 aromatic carbocycles. The highest BCUT2D eigenvalue weighted by Crippen LogP contribution is 2.26. The van der Waals surface area contributed by atoms with Gasteiger partial charge < -0.3 is 10.2 Å². The molecule has 0 bridgehead atoms. The third kappa shape index (κ3) is 3.47. The molecule has 1 saturated heterocycles. The monoisotopic (exact) mass is 261 g/mol. The van der Waals surface area contributed by atoms with Crippen LogP contribution in [0.5, 0.6) is 0 Å². The highest BCUT2D eigenvalue weighted by molar-refractivity contribution is 5.46. The second-order valence-corrected chi connectivity index (χ2v) is 5.47. The van der Waals surface area contributed by atoms with Crippen molar-refractivity contribution in [1.82, 2.24) is 10.3 Å². The molecule has 1 N–H and O–H groups in total. The number of pyridine rings is 1. The summed E-state index contributed by atoms with van der Waals surface area (Å²) in [7, 11) is 0. The number of aromatic nitrogens is 1. The largest absolute Gasteiger partial charge is 0.367 e. The molecule has 0 amide bonds. The number of nitrogens with one attached hydrogen (secondary N) is 1. The summed E-state index contributed by atoms with van der Waals surface area (Å²) < 4.78 is 0. The predicted octanol–water partition coefficient (Wildman–Crippen LogP) is 3.52. The summed E-state index contributed by atoms with van der Waals surface area (Å²) in [5, 5.41) is 3.40. The summed E-state index contributed by atoms with van der Waals surface area (Å²) in [5.41, 5.74) is 2.43. The molecule has 3 heteroatoms. The Hall–Kier alpha value is -1.09. The van der Waals surface area contributed by atoms with Crippen LogP contribution in [0.25, 0.3) is 0 Å². The summed E-state index contributed by atoms with van der Waals surface area (Å²) in [6.45, 7) is 8.75. The summed E-state index contributed by atoms with van der Waals surface area (Å²) in [4.78, 5) is 7.18. The Balaban J connectivity index is 2.08. The highest BCUT2D eigenvalue weighted by atomic mass is 15.2. The molecular weight excluding hydrogens is 234 g/mol. The molecule has 0 saturated carbocycles. The lowest BCUT2D eigenvalue weighted by Crippen LogP contribution is -2.39. The van der Waals surface area contributed by atoms with Crippen molar-refractivity contribution in [2.75, 3.05) is 18.0 Å². The average Bonchev–Trinajstić information content (AvgIpc) is 2.47. The van der Waals surface area contributed by atoms with E-state index in [9.17, 15) is 0 Å². The maximum Gasteiger partial charge on any atom is 0.0572 e. The number of hydrogen-bond acceptors (Lipinski definition) is 3. The molecule has 3 nitrogen and oxygen atoms in total. The molecule has 0 radical (unpaired) electrons. The molecule has 2 atom stereocenters. The third-order valence-electron chi connectivity index (χ3n) is 4.15. The van der Waals surface area contributed by atoms with E-state index in [-0.39, 0.29) is 0 Å². The minimum Gasteiger partial charge on any atom is -0.367 e. The zero-order valence-corrected chi connectivity index (χ0v) is 12.5. The minimum absolute atomic E-state index is 0.336.